The van der Waals surface area contributed by atoms with Gasteiger partial charge in [-0.25, -0.2) is 4.39 Å². The fraction of sp³-hybridized carbons (Fsp3) is 0.111. The van der Waals surface area contributed by atoms with Crippen LogP contribution in [0.2, 0.25) is 5.02 Å². The van der Waals surface area contributed by atoms with Gasteiger partial charge in [0.1, 0.15) is 17.5 Å². The third-order valence-corrected chi connectivity index (χ3v) is 4.18. The average Bonchev–Trinajstić information content (AvgIpc) is 3.13. The predicted molar refractivity (Wildman–Crippen MR) is 108 cm³/mol. The molecular formula is C18H17ClFN7O. The number of hydrogen-bond acceptors (Lipinski definition) is 5. The molecule has 2 aromatic rings. The number of amides is 1. The Labute approximate surface area is 165 Å². The topological polar surface area (TPSA) is 131 Å². The van der Waals surface area contributed by atoms with E-state index in [2.05, 4.69) is 25.6 Å². The summed E-state index contributed by atoms with van der Waals surface area (Å²) < 4.78 is 13.3. The Kier molecular flexibility index (Phi) is 5.55. The van der Waals surface area contributed by atoms with Crippen LogP contribution in [0.3, 0.4) is 0 Å². The number of rotatable bonds is 5. The zero-order valence-corrected chi connectivity index (χ0v) is 15.6. The van der Waals surface area contributed by atoms with Crippen molar-refractivity contribution in [3.05, 3.63) is 58.4 Å². The summed E-state index contributed by atoms with van der Waals surface area (Å²) in [7, 11) is 1.66. The Hall–Kier alpha value is -3.46. The lowest BCUT2D eigenvalue weighted by Gasteiger charge is -2.09. The van der Waals surface area contributed by atoms with Crippen LogP contribution in [0.5, 0.6) is 0 Å². The van der Waals surface area contributed by atoms with Crippen molar-refractivity contribution in [1.82, 2.24) is 9.97 Å². The van der Waals surface area contributed by atoms with Crippen molar-refractivity contribution in [2.24, 2.45) is 16.5 Å². The van der Waals surface area contributed by atoms with E-state index in [1.807, 2.05) is 0 Å². The quantitative estimate of drug-likeness (QED) is 0.449. The summed E-state index contributed by atoms with van der Waals surface area (Å²) in [6.07, 6.45) is 3.86. The van der Waals surface area contributed by atoms with Crippen molar-refractivity contribution in [1.29, 1.82) is 0 Å². The van der Waals surface area contributed by atoms with Crippen LogP contribution in [-0.4, -0.2) is 28.9 Å². The highest BCUT2D eigenvalue weighted by Gasteiger charge is 2.18. The first kappa shape index (κ1) is 19.3. The molecule has 1 aliphatic carbocycles. The number of allylic oxidation sites excluding steroid dienone is 3. The lowest BCUT2D eigenvalue weighted by molar-refractivity contribution is -0.112. The molecule has 6 N–H and O–H groups in total. The summed E-state index contributed by atoms with van der Waals surface area (Å²) in [5.41, 5.74) is 12.8. The van der Waals surface area contributed by atoms with Crippen LogP contribution in [0.4, 0.5) is 22.0 Å². The molecule has 0 spiro atoms. The van der Waals surface area contributed by atoms with E-state index in [0.29, 0.717) is 17.8 Å². The van der Waals surface area contributed by atoms with Gasteiger partial charge in [0.05, 0.1) is 5.02 Å². The lowest BCUT2D eigenvalue weighted by Crippen LogP contribution is -2.22. The molecule has 0 atom stereocenters. The van der Waals surface area contributed by atoms with Crippen LogP contribution in [0.1, 0.15) is 12.0 Å². The molecule has 1 aliphatic rings. The number of carbonyl (C=O) groups excluding carboxylic acids is 1. The first-order valence-electron chi connectivity index (χ1n) is 8.18. The van der Waals surface area contributed by atoms with Gasteiger partial charge in [0, 0.05) is 25.1 Å². The minimum absolute atomic E-state index is 0.0160. The normalized spacial score (nSPS) is 12.8. The van der Waals surface area contributed by atoms with Crippen molar-refractivity contribution in [2.45, 2.75) is 6.42 Å². The van der Waals surface area contributed by atoms with Crippen molar-refractivity contribution < 1.29 is 9.18 Å². The SMILES string of the molecule is CNc1cc(NC(=O)C2=CC=C(c3ccc(F)c(Cl)c3)C2)nc(N=C(N)N)n1. The van der Waals surface area contributed by atoms with E-state index in [1.54, 1.807) is 31.3 Å². The Morgan fingerprint density at radius 3 is 2.64 bits per heavy atom. The molecule has 1 amide bonds. The predicted octanol–water partition coefficient (Wildman–Crippen LogP) is 2.57. The highest BCUT2D eigenvalue weighted by Crippen LogP contribution is 2.31. The standard InChI is InChI=1S/C18H17ClFN7O/c1-23-14-8-15(26-18(25-14)27-17(21)22)24-16(28)11-3-2-9(6-11)10-4-5-13(20)12(19)7-10/h2-5,7-8H,6H2,1H3,(H6,21,22,23,24,25,26,27,28). The van der Waals surface area contributed by atoms with Gasteiger partial charge in [0.25, 0.3) is 11.9 Å². The largest absolute Gasteiger partial charge is 0.373 e. The summed E-state index contributed by atoms with van der Waals surface area (Å²) >= 11 is 5.83. The molecule has 10 heteroatoms. The Balaban J connectivity index is 1.72. The third kappa shape index (κ3) is 4.44. The molecule has 0 saturated carbocycles. The highest BCUT2D eigenvalue weighted by atomic mass is 35.5. The van der Waals surface area contributed by atoms with E-state index in [4.69, 9.17) is 23.1 Å². The van der Waals surface area contributed by atoms with E-state index < -0.39 is 5.82 Å². The first-order valence-corrected chi connectivity index (χ1v) is 8.56. The van der Waals surface area contributed by atoms with Gasteiger partial charge >= 0.3 is 0 Å². The zero-order chi connectivity index (χ0) is 20.3. The van der Waals surface area contributed by atoms with Gasteiger partial charge in [-0.3, -0.25) is 4.79 Å². The number of guanidine groups is 1. The Morgan fingerprint density at radius 2 is 1.96 bits per heavy atom. The second-order valence-electron chi connectivity index (χ2n) is 5.87. The second-order valence-corrected chi connectivity index (χ2v) is 6.28. The molecule has 1 aromatic heterocycles. The number of anilines is 2. The maximum Gasteiger partial charge on any atom is 0.256 e. The molecule has 0 unspecified atom stereocenters. The number of hydrogen-bond donors (Lipinski definition) is 4. The number of nitrogens with two attached hydrogens (primary N) is 2. The van der Waals surface area contributed by atoms with Crippen LogP contribution in [-0.2, 0) is 4.79 Å². The van der Waals surface area contributed by atoms with E-state index in [9.17, 15) is 9.18 Å². The molecule has 8 nitrogen and oxygen atoms in total. The number of nitrogens with zero attached hydrogens (tertiary/aromatic N) is 3. The van der Waals surface area contributed by atoms with Crippen LogP contribution < -0.4 is 22.1 Å². The van der Waals surface area contributed by atoms with Gasteiger partial charge in [-0.1, -0.05) is 29.8 Å². The molecule has 28 heavy (non-hydrogen) atoms. The molecule has 0 fully saturated rings. The van der Waals surface area contributed by atoms with Gasteiger partial charge in [-0.2, -0.15) is 15.0 Å². The number of carbonyl (C=O) groups is 1. The zero-order valence-electron chi connectivity index (χ0n) is 14.8. The maximum absolute atomic E-state index is 13.3. The third-order valence-electron chi connectivity index (χ3n) is 3.89. The maximum atomic E-state index is 13.3. The number of aliphatic imine (C=N–C) groups is 1. The van der Waals surface area contributed by atoms with E-state index in [0.717, 1.165) is 11.1 Å². The first-order chi connectivity index (χ1) is 13.4. The number of nitrogens with one attached hydrogen (secondary N) is 2. The van der Waals surface area contributed by atoms with Gasteiger partial charge in [0.2, 0.25) is 0 Å². The molecule has 3 rings (SSSR count). The molecule has 0 radical (unpaired) electrons. The lowest BCUT2D eigenvalue weighted by atomic mass is 10.0. The summed E-state index contributed by atoms with van der Waals surface area (Å²) in [6, 6.07) is 5.99. The average molecular weight is 402 g/mol. The summed E-state index contributed by atoms with van der Waals surface area (Å²) in [4.78, 5) is 24.5. The minimum Gasteiger partial charge on any atom is -0.373 e. The fourth-order valence-corrected chi connectivity index (χ4v) is 2.74. The van der Waals surface area contributed by atoms with Crippen molar-refractivity contribution in [2.75, 3.05) is 17.7 Å². The molecule has 1 aromatic carbocycles. The highest BCUT2D eigenvalue weighted by molar-refractivity contribution is 6.30. The van der Waals surface area contributed by atoms with Gasteiger partial charge < -0.3 is 22.1 Å². The number of benzene rings is 1. The monoisotopic (exact) mass is 401 g/mol. The molecule has 1 heterocycles. The summed E-state index contributed by atoms with van der Waals surface area (Å²) in [5, 5.41) is 5.57. The summed E-state index contributed by atoms with van der Waals surface area (Å²) in [5.74, 6) is -0.335. The van der Waals surface area contributed by atoms with Crippen molar-refractivity contribution in [3.63, 3.8) is 0 Å². The molecule has 0 bridgehead atoms. The van der Waals surface area contributed by atoms with E-state index in [1.165, 1.54) is 12.1 Å². The Morgan fingerprint density at radius 1 is 1.21 bits per heavy atom. The minimum atomic E-state index is -0.490. The van der Waals surface area contributed by atoms with Crippen LogP contribution in [0.15, 0.2) is 47.0 Å². The molecule has 144 valence electrons. The molecule has 0 aliphatic heterocycles. The van der Waals surface area contributed by atoms with Crippen LogP contribution in [0.25, 0.3) is 5.57 Å². The van der Waals surface area contributed by atoms with Gasteiger partial charge in [-0.05, 0) is 23.3 Å². The Bertz CT molecular complexity index is 1030. The van der Waals surface area contributed by atoms with Crippen molar-refractivity contribution >= 4 is 46.6 Å². The smallest absolute Gasteiger partial charge is 0.256 e. The van der Waals surface area contributed by atoms with Crippen LogP contribution >= 0.6 is 11.6 Å². The number of aromatic nitrogens is 2. The van der Waals surface area contributed by atoms with E-state index in [-0.39, 0.29) is 28.7 Å². The van der Waals surface area contributed by atoms with Crippen molar-refractivity contribution in [3.8, 4) is 0 Å². The number of halogens is 2. The molecular weight excluding hydrogens is 385 g/mol. The van der Waals surface area contributed by atoms with Gasteiger partial charge in [-0.15, -0.1) is 0 Å². The summed E-state index contributed by atoms with van der Waals surface area (Å²) in [6.45, 7) is 0. The van der Waals surface area contributed by atoms with Crippen LogP contribution in [0, 0.1) is 5.82 Å². The second kappa shape index (κ2) is 8.05. The van der Waals surface area contributed by atoms with E-state index >= 15 is 0 Å². The van der Waals surface area contributed by atoms with Gasteiger partial charge in [0.15, 0.2) is 5.96 Å². The fourth-order valence-electron chi connectivity index (χ4n) is 2.56. The molecule has 0 saturated heterocycles.